The van der Waals surface area contributed by atoms with Gasteiger partial charge in [-0.3, -0.25) is 14.5 Å². The zero-order valence-electron chi connectivity index (χ0n) is 14.7. The van der Waals surface area contributed by atoms with E-state index in [1.165, 1.54) is 18.2 Å². The molecule has 0 radical (unpaired) electrons. The van der Waals surface area contributed by atoms with Crippen molar-refractivity contribution in [1.82, 2.24) is 14.7 Å². The molecule has 3 rings (SSSR count). The third-order valence-electron chi connectivity index (χ3n) is 4.87. The van der Waals surface area contributed by atoms with Crippen molar-refractivity contribution in [2.24, 2.45) is 0 Å². The van der Waals surface area contributed by atoms with Crippen LogP contribution in [-0.4, -0.2) is 72.3 Å². The van der Waals surface area contributed by atoms with Gasteiger partial charge >= 0.3 is 0 Å². The van der Waals surface area contributed by atoms with Crippen LogP contribution in [0.4, 0.5) is 4.39 Å². The first-order chi connectivity index (χ1) is 12.5. The molecule has 2 saturated heterocycles. The largest absolute Gasteiger partial charge is 0.342 e. The minimum absolute atomic E-state index is 0.130. The monoisotopic (exact) mass is 423 g/mol. The van der Waals surface area contributed by atoms with Crippen molar-refractivity contribution >= 4 is 33.8 Å². The number of likely N-dealkylation sites (tertiary alicyclic amines) is 1. The summed E-state index contributed by atoms with van der Waals surface area (Å²) in [4.78, 5) is 30.3. The molecule has 0 aromatic heterocycles. The molecule has 2 amide bonds. The van der Waals surface area contributed by atoms with E-state index in [2.05, 4.69) is 20.8 Å². The van der Waals surface area contributed by atoms with Gasteiger partial charge in [-0.2, -0.15) is 0 Å². The SMILES string of the molecule is O=C(/C=C/c1cc(Br)ccc1F)N1CCN(CC(=O)N2CCCC2)CC1. The summed E-state index contributed by atoms with van der Waals surface area (Å²) < 4.78 is 14.5. The molecule has 2 fully saturated rings. The van der Waals surface area contributed by atoms with Crippen molar-refractivity contribution in [1.29, 1.82) is 0 Å². The van der Waals surface area contributed by atoms with Gasteiger partial charge in [0.05, 0.1) is 6.54 Å². The standard InChI is InChI=1S/C19H23BrFN3O2/c20-16-4-5-17(21)15(13-16)3-6-18(25)24-11-9-22(10-12-24)14-19(26)23-7-1-2-8-23/h3-6,13H,1-2,7-12,14H2/b6-3+. The number of carbonyl (C=O) groups is 2. The summed E-state index contributed by atoms with van der Waals surface area (Å²) in [7, 11) is 0. The van der Waals surface area contributed by atoms with Crippen molar-refractivity contribution in [2.75, 3.05) is 45.8 Å². The molecule has 1 aromatic carbocycles. The number of hydrogen-bond acceptors (Lipinski definition) is 3. The average Bonchev–Trinajstić information content (AvgIpc) is 3.18. The van der Waals surface area contributed by atoms with Crippen LogP contribution in [0.2, 0.25) is 0 Å². The second kappa shape index (κ2) is 8.77. The molecule has 0 unspecified atom stereocenters. The smallest absolute Gasteiger partial charge is 0.246 e. The van der Waals surface area contributed by atoms with E-state index in [1.807, 2.05) is 4.90 Å². The van der Waals surface area contributed by atoms with E-state index in [9.17, 15) is 14.0 Å². The Kier molecular flexibility index (Phi) is 6.43. The summed E-state index contributed by atoms with van der Waals surface area (Å²) in [5, 5.41) is 0. The van der Waals surface area contributed by atoms with Crippen LogP contribution in [0, 0.1) is 5.82 Å². The number of amides is 2. The summed E-state index contributed by atoms with van der Waals surface area (Å²) in [6.45, 7) is 4.70. The highest BCUT2D eigenvalue weighted by Crippen LogP contribution is 2.17. The van der Waals surface area contributed by atoms with Crippen molar-refractivity contribution < 1.29 is 14.0 Å². The second-order valence-electron chi connectivity index (χ2n) is 6.69. The van der Waals surface area contributed by atoms with Crippen LogP contribution in [0.25, 0.3) is 6.08 Å². The van der Waals surface area contributed by atoms with Crippen LogP contribution >= 0.6 is 15.9 Å². The van der Waals surface area contributed by atoms with E-state index in [-0.39, 0.29) is 17.6 Å². The van der Waals surface area contributed by atoms with Gasteiger partial charge in [0.25, 0.3) is 0 Å². The molecule has 0 N–H and O–H groups in total. The normalized spacial score (nSPS) is 18.7. The Morgan fingerprint density at radius 2 is 1.73 bits per heavy atom. The highest BCUT2D eigenvalue weighted by molar-refractivity contribution is 9.10. The highest BCUT2D eigenvalue weighted by atomic mass is 79.9. The van der Waals surface area contributed by atoms with Gasteiger partial charge in [-0.25, -0.2) is 4.39 Å². The summed E-state index contributed by atoms with van der Waals surface area (Å²) >= 11 is 3.30. The number of nitrogens with zero attached hydrogens (tertiary/aromatic N) is 3. The quantitative estimate of drug-likeness (QED) is 0.698. The van der Waals surface area contributed by atoms with Crippen LogP contribution in [0.5, 0.6) is 0 Å². The maximum absolute atomic E-state index is 13.7. The van der Waals surface area contributed by atoms with Gasteiger partial charge in [-0.05, 0) is 37.1 Å². The molecule has 5 nitrogen and oxygen atoms in total. The molecule has 0 spiro atoms. The second-order valence-corrected chi connectivity index (χ2v) is 7.60. The summed E-state index contributed by atoms with van der Waals surface area (Å²) in [5.74, 6) is -0.301. The number of carbonyl (C=O) groups excluding carboxylic acids is 2. The number of halogens is 2. The number of rotatable bonds is 4. The lowest BCUT2D eigenvalue weighted by Gasteiger charge is -2.34. The van der Waals surface area contributed by atoms with Gasteiger partial charge in [0.1, 0.15) is 5.82 Å². The van der Waals surface area contributed by atoms with Crippen molar-refractivity contribution in [3.63, 3.8) is 0 Å². The fraction of sp³-hybridized carbons (Fsp3) is 0.474. The Balaban J connectivity index is 1.48. The molecule has 0 atom stereocenters. The number of piperazine rings is 1. The minimum Gasteiger partial charge on any atom is -0.342 e. The molecule has 2 aliphatic rings. The van der Waals surface area contributed by atoms with Crippen LogP contribution in [0.15, 0.2) is 28.7 Å². The molecule has 2 aliphatic heterocycles. The predicted molar refractivity (Wildman–Crippen MR) is 102 cm³/mol. The van der Waals surface area contributed by atoms with E-state index in [1.54, 1.807) is 17.0 Å². The molecule has 7 heteroatoms. The van der Waals surface area contributed by atoms with Crippen molar-refractivity contribution in [3.05, 3.63) is 40.1 Å². The molecule has 0 bridgehead atoms. The molecule has 2 heterocycles. The van der Waals surface area contributed by atoms with Crippen molar-refractivity contribution in [3.8, 4) is 0 Å². The summed E-state index contributed by atoms with van der Waals surface area (Å²) in [5.41, 5.74) is 0.377. The van der Waals surface area contributed by atoms with E-state index < -0.39 is 0 Å². The van der Waals surface area contributed by atoms with Gasteiger partial charge in [0, 0.05) is 55.4 Å². The van der Waals surface area contributed by atoms with Crippen LogP contribution in [0.1, 0.15) is 18.4 Å². The lowest BCUT2D eigenvalue weighted by Crippen LogP contribution is -2.51. The maximum atomic E-state index is 13.7. The molecule has 0 aliphatic carbocycles. The first-order valence-electron chi connectivity index (χ1n) is 8.95. The predicted octanol–water partition coefficient (Wildman–Crippen LogP) is 2.37. The Hall–Kier alpha value is -1.73. The van der Waals surface area contributed by atoms with Gasteiger partial charge in [0.2, 0.25) is 11.8 Å². The van der Waals surface area contributed by atoms with Gasteiger partial charge in [-0.1, -0.05) is 15.9 Å². The first kappa shape index (κ1) is 19.0. The Bertz CT molecular complexity index is 696. The highest BCUT2D eigenvalue weighted by Gasteiger charge is 2.24. The average molecular weight is 424 g/mol. The minimum atomic E-state index is -0.359. The van der Waals surface area contributed by atoms with Crippen LogP contribution in [-0.2, 0) is 9.59 Å². The number of hydrogen-bond donors (Lipinski definition) is 0. The molecule has 0 saturated carbocycles. The van der Waals surface area contributed by atoms with E-state index in [4.69, 9.17) is 0 Å². The fourth-order valence-corrected chi connectivity index (χ4v) is 3.67. The molecule has 140 valence electrons. The van der Waals surface area contributed by atoms with Crippen LogP contribution < -0.4 is 0 Å². The molecule has 1 aromatic rings. The fourth-order valence-electron chi connectivity index (χ4n) is 3.29. The van der Waals surface area contributed by atoms with Crippen molar-refractivity contribution in [2.45, 2.75) is 12.8 Å². The Labute approximate surface area is 161 Å². The maximum Gasteiger partial charge on any atom is 0.246 e. The Morgan fingerprint density at radius 3 is 2.42 bits per heavy atom. The third-order valence-corrected chi connectivity index (χ3v) is 5.36. The lowest BCUT2D eigenvalue weighted by molar-refractivity contribution is -0.132. The summed E-state index contributed by atoms with van der Waals surface area (Å²) in [6, 6.07) is 4.63. The van der Waals surface area contributed by atoms with E-state index >= 15 is 0 Å². The lowest BCUT2D eigenvalue weighted by atomic mass is 10.2. The number of benzene rings is 1. The summed E-state index contributed by atoms with van der Waals surface area (Å²) in [6.07, 6.45) is 5.11. The molecule has 26 heavy (non-hydrogen) atoms. The van der Waals surface area contributed by atoms with E-state index in [0.717, 1.165) is 30.4 Å². The third kappa shape index (κ3) is 4.92. The zero-order valence-corrected chi connectivity index (χ0v) is 16.3. The van der Waals surface area contributed by atoms with Gasteiger partial charge < -0.3 is 9.80 Å². The first-order valence-corrected chi connectivity index (χ1v) is 9.74. The Morgan fingerprint density at radius 1 is 1.04 bits per heavy atom. The zero-order chi connectivity index (χ0) is 18.5. The molecular weight excluding hydrogens is 401 g/mol. The van der Waals surface area contributed by atoms with Gasteiger partial charge in [-0.15, -0.1) is 0 Å². The van der Waals surface area contributed by atoms with Crippen LogP contribution in [0.3, 0.4) is 0 Å². The topological polar surface area (TPSA) is 43.9 Å². The van der Waals surface area contributed by atoms with Gasteiger partial charge in [0.15, 0.2) is 0 Å². The van der Waals surface area contributed by atoms with E-state index in [0.29, 0.717) is 38.3 Å². The molecular formula is C19H23BrFN3O2.